The number of likely N-dealkylation sites (tertiary alicyclic amines) is 1. The number of carbonyl (C=O) groups excluding carboxylic acids is 2. The van der Waals surface area contributed by atoms with Gasteiger partial charge in [-0.2, -0.15) is 0 Å². The highest BCUT2D eigenvalue weighted by Gasteiger charge is 2.19. The third kappa shape index (κ3) is 4.29. The molecule has 0 bridgehead atoms. The maximum absolute atomic E-state index is 11.4. The molecule has 1 atom stereocenters. The molecule has 1 fully saturated rings. The van der Waals surface area contributed by atoms with Crippen molar-refractivity contribution in [2.45, 2.75) is 25.3 Å². The Bertz CT molecular complexity index is 243. The van der Waals surface area contributed by atoms with E-state index in [4.69, 9.17) is 0 Å². The summed E-state index contributed by atoms with van der Waals surface area (Å²) in [5.74, 6) is -0.737. The molecule has 0 spiro atoms. The van der Waals surface area contributed by atoms with Gasteiger partial charge in [-0.15, -0.1) is 0 Å². The monoisotopic (exact) mass is 214 g/mol. The van der Waals surface area contributed by atoms with Gasteiger partial charge in [-0.1, -0.05) is 0 Å². The summed E-state index contributed by atoms with van der Waals surface area (Å²) in [6.07, 6.45) is 1.88. The Morgan fingerprint density at radius 2 is 2.27 bits per heavy atom. The molecule has 1 N–H and O–H groups in total. The smallest absolute Gasteiger partial charge is 0.315 e. The van der Waals surface area contributed by atoms with Gasteiger partial charge in [-0.3, -0.25) is 9.59 Å². The number of hydrogen-bond donors (Lipinski definition) is 1. The van der Waals surface area contributed by atoms with E-state index >= 15 is 0 Å². The summed E-state index contributed by atoms with van der Waals surface area (Å²) in [4.78, 5) is 24.4. The van der Waals surface area contributed by atoms with E-state index < -0.39 is 5.97 Å². The molecule has 1 rings (SSSR count). The Morgan fingerprint density at radius 3 is 2.87 bits per heavy atom. The zero-order chi connectivity index (χ0) is 11.3. The van der Waals surface area contributed by atoms with Crippen LogP contribution in [0.1, 0.15) is 19.3 Å². The fraction of sp³-hybridized carbons (Fsp3) is 0.800. The van der Waals surface area contributed by atoms with Crippen LogP contribution in [0.5, 0.6) is 0 Å². The molecule has 5 heteroatoms. The van der Waals surface area contributed by atoms with E-state index in [9.17, 15) is 9.59 Å². The second-order valence-corrected chi connectivity index (χ2v) is 3.92. The van der Waals surface area contributed by atoms with Crippen LogP contribution in [0.2, 0.25) is 0 Å². The lowest BCUT2D eigenvalue weighted by molar-refractivity contribution is -0.144. The minimum atomic E-state index is -0.489. The molecule has 0 saturated carbocycles. The third-order valence-corrected chi connectivity index (χ3v) is 2.52. The van der Waals surface area contributed by atoms with Gasteiger partial charge in [-0.05, 0) is 26.4 Å². The number of likely N-dealkylation sites (N-methyl/N-ethyl adjacent to an activating group) is 1. The predicted octanol–water partition coefficient (Wildman–Crippen LogP) is -0.240. The summed E-state index contributed by atoms with van der Waals surface area (Å²) < 4.78 is 4.42. The fourth-order valence-corrected chi connectivity index (χ4v) is 1.77. The quantitative estimate of drug-likeness (QED) is 0.520. The minimum Gasteiger partial charge on any atom is -0.469 e. The molecule has 1 aliphatic rings. The Labute approximate surface area is 89.8 Å². The van der Waals surface area contributed by atoms with Crippen LogP contribution in [0.4, 0.5) is 0 Å². The molecule has 0 radical (unpaired) electrons. The third-order valence-electron chi connectivity index (χ3n) is 2.52. The minimum absolute atomic E-state index is 0.168. The largest absolute Gasteiger partial charge is 0.469 e. The van der Waals surface area contributed by atoms with Crippen molar-refractivity contribution < 1.29 is 14.3 Å². The van der Waals surface area contributed by atoms with Crippen molar-refractivity contribution in [3.63, 3.8) is 0 Å². The Morgan fingerprint density at radius 1 is 1.53 bits per heavy atom. The number of carbonyl (C=O) groups is 2. The van der Waals surface area contributed by atoms with Gasteiger partial charge < -0.3 is 15.0 Å². The van der Waals surface area contributed by atoms with E-state index in [0.717, 1.165) is 25.9 Å². The Balaban J connectivity index is 2.27. The van der Waals surface area contributed by atoms with Gasteiger partial charge >= 0.3 is 5.97 Å². The van der Waals surface area contributed by atoms with Crippen molar-refractivity contribution in [1.29, 1.82) is 0 Å². The zero-order valence-electron chi connectivity index (χ0n) is 9.28. The number of amides is 1. The Kier molecular flexibility index (Phi) is 4.55. The topological polar surface area (TPSA) is 58.6 Å². The van der Waals surface area contributed by atoms with Crippen LogP contribution in [0.15, 0.2) is 0 Å². The van der Waals surface area contributed by atoms with Gasteiger partial charge in [0.1, 0.15) is 6.42 Å². The van der Waals surface area contributed by atoms with Crippen LogP contribution in [-0.4, -0.2) is 50.1 Å². The maximum atomic E-state index is 11.4. The van der Waals surface area contributed by atoms with Crippen molar-refractivity contribution >= 4 is 11.9 Å². The number of nitrogens with one attached hydrogen (secondary N) is 1. The number of esters is 1. The lowest BCUT2D eigenvalue weighted by atomic mass is 10.1. The molecule has 5 nitrogen and oxygen atoms in total. The fourth-order valence-electron chi connectivity index (χ4n) is 1.77. The van der Waals surface area contributed by atoms with Crippen LogP contribution in [0, 0.1) is 0 Å². The first-order valence-corrected chi connectivity index (χ1v) is 5.16. The van der Waals surface area contributed by atoms with E-state index in [1.54, 1.807) is 0 Å². The van der Waals surface area contributed by atoms with Crippen LogP contribution in [0.3, 0.4) is 0 Å². The Hall–Kier alpha value is -1.10. The molecular formula is C10H18N2O3. The van der Waals surface area contributed by atoms with E-state index in [2.05, 4.69) is 15.0 Å². The van der Waals surface area contributed by atoms with Crippen LogP contribution >= 0.6 is 0 Å². The second-order valence-electron chi connectivity index (χ2n) is 3.92. The molecule has 1 amide bonds. The molecule has 0 aliphatic carbocycles. The summed E-state index contributed by atoms with van der Waals surface area (Å²) in [5, 5.41) is 2.83. The predicted molar refractivity (Wildman–Crippen MR) is 55.3 cm³/mol. The van der Waals surface area contributed by atoms with Gasteiger partial charge in [0.25, 0.3) is 0 Å². The van der Waals surface area contributed by atoms with Crippen molar-refractivity contribution in [1.82, 2.24) is 10.2 Å². The molecule has 86 valence electrons. The normalized spacial score (nSPS) is 22.1. The summed E-state index contributed by atoms with van der Waals surface area (Å²) in [6, 6.07) is 0.168. The van der Waals surface area contributed by atoms with E-state index in [1.165, 1.54) is 7.11 Å². The van der Waals surface area contributed by atoms with Crippen LogP contribution in [0.25, 0.3) is 0 Å². The number of piperidine rings is 1. The second kappa shape index (κ2) is 5.70. The summed E-state index contributed by atoms with van der Waals surface area (Å²) in [5.41, 5.74) is 0. The van der Waals surface area contributed by atoms with Crippen LogP contribution in [-0.2, 0) is 14.3 Å². The standard InChI is InChI=1S/C10H18N2O3/c1-12-5-3-4-8(7-12)11-9(13)6-10(14)15-2/h8H,3-7H2,1-2H3,(H,11,13). The first kappa shape index (κ1) is 12.0. The van der Waals surface area contributed by atoms with E-state index in [-0.39, 0.29) is 18.4 Å². The zero-order valence-corrected chi connectivity index (χ0v) is 9.28. The number of ether oxygens (including phenoxy) is 1. The SMILES string of the molecule is COC(=O)CC(=O)NC1CCCN(C)C1. The average molecular weight is 214 g/mol. The highest BCUT2D eigenvalue weighted by molar-refractivity contribution is 5.94. The van der Waals surface area contributed by atoms with Gasteiger partial charge in [0.2, 0.25) is 5.91 Å². The highest BCUT2D eigenvalue weighted by atomic mass is 16.5. The van der Waals surface area contributed by atoms with Gasteiger partial charge in [0.15, 0.2) is 0 Å². The number of nitrogens with zero attached hydrogens (tertiary/aromatic N) is 1. The van der Waals surface area contributed by atoms with E-state index in [1.807, 2.05) is 7.05 Å². The first-order valence-electron chi connectivity index (χ1n) is 5.16. The summed E-state index contributed by atoms with van der Waals surface area (Å²) in [7, 11) is 3.31. The molecule has 0 aromatic carbocycles. The molecule has 1 saturated heterocycles. The lowest BCUT2D eigenvalue weighted by Crippen LogP contribution is -2.46. The number of rotatable bonds is 3. The molecule has 1 heterocycles. The van der Waals surface area contributed by atoms with Gasteiger partial charge in [0.05, 0.1) is 7.11 Å². The first-order chi connectivity index (χ1) is 7.11. The van der Waals surface area contributed by atoms with Crippen LogP contribution < -0.4 is 5.32 Å². The van der Waals surface area contributed by atoms with Crippen molar-refractivity contribution in [3.05, 3.63) is 0 Å². The van der Waals surface area contributed by atoms with Gasteiger partial charge in [0, 0.05) is 12.6 Å². The lowest BCUT2D eigenvalue weighted by Gasteiger charge is -2.30. The number of methoxy groups -OCH3 is 1. The molecule has 1 unspecified atom stereocenters. The van der Waals surface area contributed by atoms with Crippen molar-refractivity contribution in [3.8, 4) is 0 Å². The van der Waals surface area contributed by atoms with Crippen molar-refractivity contribution in [2.24, 2.45) is 0 Å². The highest BCUT2D eigenvalue weighted by Crippen LogP contribution is 2.07. The number of hydrogen-bond acceptors (Lipinski definition) is 4. The molecule has 0 aromatic heterocycles. The average Bonchev–Trinajstić information content (AvgIpc) is 2.17. The van der Waals surface area contributed by atoms with Gasteiger partial charge in [-0.25, -0.2) is 0 Å². The summed E-state index contributed by atoms with van der Waals surface area (Å²) in [6.45, 7) is 1.93. The summed E-state index contributed by atoms with van der Waals surface area (Å²) >= 11 is 0. The molecule has 15 heavy (non-hydrogen) atoms. The molecule has 0 aromatic rings. The molecular weight excluding hydrogens is 196 g/mol. The maximum Gasteiger partial charge on any atom is 0.315 e. The molecule has 1 aliphatic heterocycles. The van der Waals surface area contributed by atoms with E-state index in [0.29, 0.717) is 0 Å². The van der Waals surface area contributed by atoms with Crippen molar-refractivity contribution in [2.75, 3.05) is 27.2 Å².